The summed E-state index contributed by atoms with van der Waals surface area (Å²) in [6.07, 6.45) is 1.57. The van der Waals surface area contributed by atoms with Crippen LogP contribution in [0.25, 0.3) is 17.3 Å². The van der Waals surface area contributed by atoms with Crippen LogP contribution in [0.5, 0.6) is 0 Å². The van der Waals surface area contributed by atoms with Gasteiger partial charge in [-0.2, -0.15) is 0 Å². The third-order valence-corrected chi connectivity index (χ3v) is 6.74. The summed E-state index contributed by atoms with van der Waals surface area (Å²) < 4.78 is 12.3. The first-order valence-electron chi connectivity index (χ1n) is 9.36. The summed E-state index contributed by atoms with van der Waals surface area (Å²) in [7, 11) is 1.58. The molecule has 0 saturated heterocycles. The minimum atomic E-state index is -0.231. The van der Waals surface area contributed by atoms with Crippen molar-refractivity contribution in [2.45, 2.75) is 10.9 Å². The molecule has 3 aromatic heterocycles. The molecule has 0 bridgehead atoms. The number of hydrogen-bond donors (Lipinski definition) is 1. The molecule has 0 aliphatic heterocycles. The zero-order valence-corrected chi connectivity index (χ0v) is 19.9. The molecular formula is C20H17Cl2N5O3S2. The highest BCUT2D eigenvalue weighted by Gasteiger charge is 2.21. The average molecular weight is 510 g/mol. The monoisotopic (exact) mass is 509 g/mol. The largest absolute Gasteiger partial charge is 0.461 e. The summed E-state index contributed by atoms with van der Waals surface area (Å²) >= 11 is 15.4. The van der Waals surface area contributed by atoms with E-state index in [-0.39, 0.29) is 5.91 Å². The quantitative estimate of drug-likeness (QED) is 0.251. The first kappa shape index (κ1) is 22.8. The highest BCUT2D eigenvalue weighted by atomic mass is 35.5. The number of hydrogen-bond acceptors (Lipinski definition) is 8. The van der Waals surface area contributed by atoms with E-state index in [0.29, 0.717) is 57.1 Å². The summed E-state index contributed by atoms with van der Waals surface area (Å²) in [6, 6.07) is 8.79. The number of nitrogens with one attached hydrogen (secondary N) is 1. The van der Waals surface area contributed by atoms with Gasteiger partial charge >= 0.3 is 0 Å². The topological polar surface area (TPSA) is 95.1 Å². The van der Waals surface area contributed by atoms with E-state index < -0.39 is 0 Å². The maximum atomic E-state index is 12.2. The highest BCUT2D eigenvalue weighted by Crippen LogP contribution is 2.34. The molecule has 0 saturated carbocycles. The van der Waals surface area contributed by atoms with Crippen molar-refractivity contribution in [1.29, 1.82) is 0 Å². The average Bonchev–Trinajstić information content (AvgIpc) is 3.53. The fraction of sp³-hybridized carbons (Fsp3) is 0.200. The number of nitrogens with zero attached hydrogens (tertiary/aromatic N) is 4. The molecule has 0 fully saturated rings. The molecule has 0 atom stereocenters. The predicted molar refractivity (Wildman–Crippen MR) is 125 cm³/mol. The molecule has 0 aliphatic carbocycles. The minimum absolute atomic E-state index is 0.231. The van der Waals surface area contributed by atoms with Crippen LogP contribution in [0, 0.1) is 0 Å². The van der Waals surface area contributed by atoms with Crippen molar-refractivity contribution in [2.75, 3.05) is 20.3 Å². The number of amides is 1. The third-order valence-electron chi connectivity index (χ3n) is 4.23. The van der Waals surface area contributed by atoms with Crippen LogP contribution in [0.4, 0.5) is 0 Å². The van der Waals surface area contributed by atoms with Crippen LogP contribution in [0.3, 0.4) is 0 Å². The molecule has 0 spiro atoms. The fourth-order valence-corrected chi connectivity index (χ4v) is 5.00. The number of benzene rings is 1. The molecule has 0 aliphatic rings. The second-order valence-electron chi connectivity index (χ2n) is 6.38. The lowest BCUT2D eigenvalue weighted by atomic mass is 10.3. The minimum Gasteiger partial charge on any atom is -0.461 e. The van der Waals surface area contributed by atoms with Crippen LogP contribution in [0.15, 0.2) is 51.5 Å². The Labute approximate surface area is 201 Å². The van der Waals surface area contributed by atoms with Gasteiger partial charge in [-0.1, -0.05) is 35.0 Å². The summed E-state index contributed by atoms with van der Waals surface area (Å²) in [5, 5.41) is 15.5. The van der Waals surface area contributed by atoms with E-state index in [9.17, 15) is 4.79 Å². The van der Waals surface area contributed by atoms with Crippen molar-refractivity contribution in [3.63, 3.8) is 0 Å². The number of ether oxygens (including phenoxy) is 1. The Kier molecular flexibility index (Phi) is 7.48. The van der Waals surface area contributed by atoms with E-state index in [1.54, 1.807) is 49.1 Å². The molecule has 32 heavy (non-hydrogen) atoms. The summed E-state index contributed by atoms with van der Waals surface area (Å²) in [5.41, 5.74) is 1.05. The van der Waals surface area contributed by atoms with Gasteiger partial charge in [0.25, 0.3) is 5.91 Å². The molecule has 1 amide bonds. The Balaban J connectivity index is 1.57. The number of aromatic nitrogens is 4. The fourth-order valence-electron chi connectivity index (χ4n) is 2.77. The molecule has 12 heteroatoms. The zero-order valence-electron chi connectivity index (χ0n) is 16.7. The number of rotatable bonds is 9. The molecule has 8 nitrogen and oxygen atoms in total. The Morgan fingerprint density at radius 2 is 2.19 bits per heavy atom. The number of halogens is 2. The van der Waals surface area contributed by atoms with E-state index in [1.807, 2.05) is 4.57 Å². The van der Waals surface area contributed by atoms with Gasteiger partial charge in [0.05, 0.1) is 29.3 Å². The summed E-state index contributed by atoms with van der Waals surface area (Å²) in [5.74, 6) is 1.34. The number of thiazole rings is 1. The van der Waals surface area contributed by atoms with Crippen LogP contribution in [-0.2, 0) is 10.5 Å². The van der Waals surface area contributed by atoms with E-state index in [1.165, 1.54) is 23.1 Å². The second-order valence-corrected chi connectivity index (χ2v) is 9.11. The highest BCUT2D eigenvalue weighted by molar-refractivity contribution is 7.98. The van der Waals surface area contributed by atoms with Crippen LogP contribution in [0.1, 0.15) is 15.5 Å². The lowest BCUT2D eigenvalue weighted by Crippen LogP contribution is -2.27. The van der Waals surface area contributed by atoms with Gasteiger partial charge in [0.1, 0.15) is 10.7 Å². The molecule has 0 radical (unpaired) electrons. The van der Waals surface area contributed by atoms with Crippen molar-refractivity contribution >= 4 is 52.2 Å². The lowest BCUT2D eigenvalue weighted by molar-refractivity contribution is 0.0932. The Morgan fingerprint density at radius 3 is 2.94 bits per heavy atom. The van der Waals surface area contributed by atoms with Crippen molar-refractivity contribution < 1.29 is 13.9 Å². The maximum Gasteiger partial charge on any atom is 0.270 e. The number of methoxy groups -OCH3 is 1. The molecule has 166 valence electrons. The van der Waals surface area contributed by atoms with Gasteiger partial charge in [0.15, 0.2) is 10.9 Å². The molecular weight excluding hydrogens is 493 g/mol. The molecule has 0 unspecified atom stereocenters. The van der Waals surface area contributed by atoms with Crippen LogP contribution < -0.4 is 5.32 Å². The van der Waals surface area contributed by atoms with Crippen molar-refractivity contribution in [3.05, 3.63) is 62.7 Å². The van der Waals surface area contributed by atoms with E-state index in [0.717, 1.165) is 5.01 Å². The SMILES string of the molecule is COCCNC(=O)c1csc(CSc2nnc(-c3ccco3)n2-c2ccc(Cl)cc2Cl)n1. The first-order chi connectivity index (χ1) is 15.6. The van der Waals surface area contributed by atoms with Gasteiger partial charge in [-0.25, -0.2) is 4.98 Å². The van der Waals surface area contributed by atoms with E-state index in [2.05, 4.69) is 20.5 Å². The molecule has 1 N–H and O–H groups in total. The van der Waals surface area contributed by atoms with Gasteiger partial charge in [-0.15, -0.1) is 21.5 Å². The number of carbonyl (C=O) groups excluding carboxylic acids is 1. The Morgan fingerprint density at radius 1 is 1.31 bits per heavy atom. The van der Waals surface area contributed by atoms with E-state index >= 15 is 0 Å². The summed E-state index contributed by atoms with van der Waals surface area (Å²) in [4.78, 5) is 16.6. The van der Waals surface area contributed by atoms with Crippen molar-refractivity contribution in [3.8, 4) is 17.3 Å². The Hall–Kier alpha value is -2.37. The van der Waals surface area contributed by atoms with Gasteiger partial charge < -0.3 is 14.5 Å². The second kappa shape index (κ2) is 10.5. The van der Waals surface area contributed by atoms with Gasteiger partial charge in [-0.05, 0) is 30.3 Å². The third kappa shape index (κ3) is 5.16. The molecule has 3 heterocycles. The van der Waals surface area contributed by atoms with E-state index in [4.69, 9.17) is 32.4 Å². The number of carbonyl (C=O) groups is 1. The van der Waals surface area contributed by atoms with Crippen molar-refractivity contribution in [1.82, 2.24) is 25.1 Å². The Bertz CT molecular complexity index is 1210. The van der Waals surface area contributed by atoms with Crippen LogP contribution in [0.2, 0.25) is 10.0 Å². The first-order valence-corrected chi connectivity index (χ1v) is 12.0. The predicted octanol–water partition coefficient (Wildman–Crippen LogP) is 4.96. The summed E-state index contributed by atoms with van der Waals surface area (Å²) in [6.45, 7) is 0.872. The number of thioether (sulfide) groups is 1. The standard InChI is InChI=1S/C20H17Cl2N5O3S2/c1-29-8-6-23-19(28)14-10-31-17(24-14)11-32-20-26-25-18(16-3-2-7-30-16)27(20)15-5-4-12(21)9-13(15)22/h2-5,7,9-10H,6,8,11H2,1H3,(H,23,28). The lowest BCUT2D eigenvalue weighted by Gasteiger charge is -2.11. The molecule has 4 aromatic rings. The molecule has 1 aromatic carbocycles. The van der Waals surface area contributed by atoms with Crippen LogP contribution in [-0.4, -0.2) is 45.9 Å². The normalized spacial score (nSPS) is 11.1. The smallest absolute Gasteiger partial charge is 0.270 e. The van der Waals surface area contributed by atoms with Gasteiger partial charge in [0.2, 0.25) is 5.82 Å². The van der Waals surface area contributed by atoms with Gasteiger partial charge in [-0.3, -0.25) is 9.36 Å². The van der Waals surface area contributed by atoms with Gasteiger partial charge in [0, 0.05) is 24.1 Å². The van der Waals surface area contributed by atoms with Crippen molar-refractivity contribution in [2.24, 2.45) is 0 Å². The molecule has 4 rings (SSSR count). The maximum absolute atomic E-state index is 12.2. The number of furan rings is 1. The van der Waals surface area contributed by atoms with Crippen LogP contribution >= 0.6 is 46.3 Å². The zero-order chi connectivity index (χ0) is 22.5.